The van der Waals surface area contributed by atoms with Crippen LogP contribution in [0.3, 0.4) is 0 Å². The Morgan fingerprint density at radius 1 is 1.08 bits per heavy atom. The lowest BCUT2D eigenvalue weighted by Crippen LogP contribution is -2.58. The molecule has 2 heterocycles. The maximum Gasteiger partial charge on any atom is 0.485 e. The normalized spacial score (nSPS) is 26.6. The van der Waals surface area contributed by atoms with Crippen LogP contribution in [0.15, 0.2) is 48.9 Å². The second kappa shape index (κ2) is 12.5. The van der Waals surface area contributed by atoms with Gasteiger partial charge in [-0.25, -0.2) is 4.98 Å². The maximum absolute atomic E-state index is 13.8. The molecule has 7 atom stereocenters. The Hall–Kier alpha value is -2.94. The number of hydrogen-bond donors (Lipinski definition) is 6. The van der Waals surface area contributed by atoms with E-state index in [4.69, 9.17) is 9.31 Å². The van der Waals surface area contributed by atoms with Crippen LogP contribution < -0.4 is 10.6 Å². The highest BCUT2D eigenvalue weighted by Gasteiger charge is 2.69. The molecule has 1 saturated carbocycles. The summed E-state index contributed by atoms with van der Waals surface area (Å²) in [4.78, 5) is 34.6. The Morgan fingerprint density at radius 2 is 1.72 bits per heavy atom. The van der Waals surface area contributed by atoms with Gasteiger partial charge in [-0.15, -0.1) is 0 Å². The fourth-order valence-electron chi connectivity index (χ4n) is 5.18. The third-order valence-corrected chi connectivity index (χ3v) is 7.36. The van der Waals surface area contributed by atoms with E-state index in [1.165, 1.54) is 18.6 Å². The number of aliphatic hydroxyl groups is 4. The van der Waals surface area contributed by atoms with Crippen LogP contribution in [0, 0.1) is 11.8 Å². The van der Waals surface area contributed by atoms with Gasteiger partial charge in [0.1, 0.15) is 23.9 Å². The van der Waals surface area contributed by atoms with Crippen LogP contribution in [0.25, 0.3) is 0 Å². The molecule has 1 aromatic heterocycles. The molecule has 6 N–H and O–H groups in total. The van der Waals surface area contributed by atoms with Crippen molar-refractivity contribution in [3.05, 3.63) is 60.2 Å². The van der Waals surface area contributed by atoms with Gasteiger partial charge in [-0.1, -0.05) is 44.2 Å². The summed E-state index contributed by atoms with van der Waals surface area (Å²) in [5.41, 5.74) is -0.129. The monoisotopic (exact) mass is 542 g/mol. The summed E-state index contributed by atoms with van der Waals surface area (Å²) >= 11 is 0. The van der Waals surface area contributed by atoms with Crippen molar-refractivity contribution in [3.8, 4) is 0 Å². The minimum absolute atomic E-state index is 0.0636. The van der Waals surface area contributed by atoms with E-state index in [9.17, 15) is 30.0 Å². The number of benzene rings is 1. The van der Waals surface area contributed by atoms with E-state index in [-0.39, 0.29) is 24.0 Å². The highest BCUT2D eigenvalue weighted by molar-refractivity contribution is 6.51. The first-order valence-electron chi connectivity index (χ1n) is 13.0. The number of aromatic nitrogens is 2. The van der Waals surface area contributed by atoms with Crippen molar-refractivity contribution in [1.82, 2.24) is 20.6 Å². The highest BCUT2D eigenvalue weighted by atomic mass is 16.7. The lowest BCUT2D eigenvalue weighted by molar-refractivity contribution is -0.123. The SMILES string of the molecule is CC(C)[C@@H]1CC1(NC(=O)[C@H](Cc1ccccc1)NC(=O)c1cnccn1)B1OC(C(O)CO)C(C(O)CO)O1. The Bertz CT molecular complexity index is 1100. The number of carbonyl (C=O) groups is 2. The summed E-state index contributed by atoms with van der Waals surface area (Å²) in [7, 11) is -1.07. The van der Waals surface area contributed by atoms with Crippen LogP contribution in [0.4, 0.5) is 0 Å². The molecule has 1 saturated heterocycles. The highest BCUT2D eigenvalue weighted by Crippen LogP contribution is 2.52. The molecule has 2 fully saturated rings. The van der Waals surface area contributed by atoms with Crippen LogP contribution in [-0.2, 0) is 20.5 Å². The minimum Gasteiger partial charge on any atom is -0.401 e. The summed E-state index contributed by atoms with van der Waals surface area (Å²) in [6, 6.07) is 8.25. The fourth-order valence-corrected chi connectivity index (χ4v) is 5.18. The van der Waals surface area contributed by atoms with Gasteiger partial charge in [-0.3, -0.25) is 14.6 Å². The van der Waals surface area contributed by atoms with Crippen molar-refractivity contribution in [3.63, 3.8) is 0 Å². The number of rotatable bonds is 12. The van der Waals surface area contributed by atoms with Crippen LogP contribution in [-0.4, -0.2) is 98.4 Å². The number of amides is 2. The maximum atomic E-state index is 13.8. The van der Waals surface area contributed by atoms with Gasteiger partial charge in [-0.05, 0) is 23.8 Å². The molecule has 0 bridgehead atoms. The molecule has 13 heteroatoms. The van der Waals surface area contributed by atoms with E-state index in [1.54, 1.807) is 0 Å². The van der Waals surface area contributed by atoms with E-state index >= 15 is 0 Å². The minimum atomic E-state index is -1.37. The van der Waals surface area contributed by atoms with E-state index in [2.05, 4.69) is 20.6 Å². The Labute approximate surface area is 226 Å². The number of nitrogens with one attached hydrogen (secondary N) is 2. The molecule has 2 amide bonds. The number of aliphatic hydroxyl groups excluding tert-OH is 4. The molecule has 0 radical (unpaired) electrons. The molecule has 12 nitrogen and oxygen atoms in total. The van der Waals surface area contributed by atoms with Gasteiger partial charge in [0.05, 0.1) is 37.1 Å². The van der Waals surface area contributed by atoms with Crippen LogP contribution in [0.2, 0.25) is 0 Å². The van der Waals surface area contributed by atoms with Gasteiger partial charge in [0.15, 0.2) is 0 Å². The van der Waals surface area contributed by atoms with Crippen molar-refractivity contribution in [1.29, 1.82) is 0 Å². The molecule has 2 aliphatic rings. The molecule has 1 aliphatic heterocycles. The number of hydrogen-bond acceptors (Lipinski definition) is 10. The largest absolute Gasteiger partial charge is 0.485 e. The third kappa shape index (κ3) is 6.45. The molecule has 4 rings (SSSR count). The average Bonchev–Trinajstić information content (AvgIpc) is 3.51. The Morgan fingerprint density at radius 3 is 2.23 bits per heavy atom. The third-order valence-electron chi connectivity index (χ3n) is 7.36. The molecule has 1 aromatic carbocycles. The van der Waals surface area contributed by atoms with E-state index < -0.39 is 68.0 Å². The first-order valence-corrected chi connectivity index (χ1v) is 13.0. The van der Waals surface area contributed by atoms with Crippen LogP contribution in [0.1, 0.15) is 36.3 Å². The molecule has 1 aliphatic carbocycles. The summed E-state index contributed by atoms with van der Waals surface area (Å²) in [6.07, 6.45) is -0.171. The lowest BCUT2D eigenvalue weighted by Gasteiger charge is -2.27. The molecule has 39 heavy (non-hydrogen) atoms. The predicted molar refractivity (Wildman–Crippen MR) is 139 cm³/mol. The molecule has 0 spiro atoms. The Kier molecular flexibility index (Phi) is 9.31. The second-order valence-electron chi connectivity index (χ2n) is 10.4. The number of carbonyl (C=O) groups excluding carboxylic acids is 2. The average molecular weight is 542 g/mol. The van der Waals surface area contributed by atoms with Crippen molar-refractivity contribution >= 4 is 18.9 Å². The molecule has 2 aromatic rings. The number of nitrogens with zero attached hydrogens (tertiary/aromatic N) is 2. The van der Waals surface area contributed by atoms with Gasteiger partial charge < -0.3 is 40.4 Å². The molecular formula is C26H35BN4O8. The quantitative estimate of drug-likeness (QED) is 0.179. The van der Waals surface area contributed by atoms with E-state index in [0.717, 1.165) is 5.56 Å². The standard InChI is InChI=1S/C26H35BN4O8/c1-15(2)17-11-26(17,27-38-22(20(34)13-32)23(39-27)21(35)14-33)31-25(37)18(10-16-6-4-3-5-7-16)30-24(36)19-12-28-8-9-29-19/h3-9,12,15,17-18,20-23,32-35H,10-11,13-14H2,1-2H3,(H,30,36)(H,31,37)/t17-,18-,20?,21?,22?,23?,26?/m0/s1. The molecule has 5 unspecified atom stereocenters. The van der Waals surface area contributed by atoms with Crippen molar-refractivity contribution in [2.24, 2.45) is 11.8 Å². The molecular weight excluding hydrogens is 507 g/mol. The Balaban J connectivity index is 1.58. The van der Waals surface area contributed by atoms with Gasteiger partial charge in [0, 0.05) is 18.8 Å². The van der Waals surface area contributed by atoms with Crippen LogP contribution in [0.5, 0.6) is 0 Å². The first-order chi connectivity index (χ1) is 18.7. The van der Waals surface area contributed by atoms with Crippen molar-refractivity contribution < 1.29 is 39.3 Å². The predicted octanol–water partition coefficient (Wildman–Crippen LogP) is -1.13. The molecule has 210 valence electrons. The van der Waals surface area contributed by atoms with Crippen LogP contribution >= 0.6 is 0 Å². The smallest absolute Gasteiger partial charge is 0.401 e. The summed E-state index contributed by atoms with van der Waals surface area (Å²) in [5, 5.41) is 45.4. The zero-order valence-corrected chi connectivity index (χ0v) is 21.9. The van der Waals surface area contributed by atoms with Gasteiger partial charge in [-0.2, -0.15) is 0 Å². The second-order valence-corrected chi connectivity index (χ2v) is 10.4. The van der Waals surface area contributed by atoms with E-state index in [0.29, 0.717) is 6.42 Å². The van der Waals surface area contributed by atoms with Crippen molar-refractivity contribution in [2.45, 2.75) is 62.6 Å². The van der Waals surface area contributed by atoms with Gasteiger partial charge >= 0.3 is 7.12 Å². The zero-order chi connectivity index (χ0) is 28.2. The zero-order valence-electron chi connectivity index (χ0n) is 21.9. The topological polar surface area (TPSA) is 183 Å². The summed E-state index contributed by atoms with van der Waals surface area (Å²) in [6.45, 7) is 2.70. The first kappa shape index (κ1) is 29.1. The summed E-state index contributed by atoms with van der Waals surface area (Å²) in [5.74, 6) is -0.995. The lowest BCUT2D eigenvalue weighted by atomic mass is 9.71. The fraction of sp³-hybridized carbons (Fsp3) is 0.538. The van der Waals surface area contributed by atoms with E-state index in [1.807, 2.05) is 44.2 Å². The van der Waals surface area contributed by atoms with Gasteiger partial charge in [0.25, 0.3) is 5.91 Å². The van der Waals surface area contributed by atoms with Gasteiger partial charge in [0.2, 0.25) is 5.91 Å². The summed E-state index contributed by atoms with van der Waals surface area (Å²) < 4.78 is 12.0. The van der Waals surface area contributed by atoms with Crippen molar-refractivity contribution in [2.75, 3.05) is 13.2 Å².